The van der Waals surface area contributed by atoms with Crippen LogP contribution in [0.15, 0.2) is 31.1 Å². The Morgan fingerprint density at radius 1 is 1.15 bits per heavy atom. The molecule has 0 amide bonds. The third kappa shape index (κ3) is 3.90. The maximum atomic E-state index is 9.25. The Labute approximate surface area is 209 Å². The predicted molar refractivity (Wildman–Crippen MR) is 141 cm³/mol. The third-order valence-electron chi connectivity index (χ3n) is 11.8. The van der Waals surface area contributed by atoms with Crippen molar-refractivity contribution in [1.82, 2.24) is 4.57 Å². The summed E-state index contributed by atoms with van der Waals surface area (Å²) in [6.07, 6.45) is 20.7. The number of aromatic nitrogens is 1. The van der Waals surface area contributed by atoms with Gasteiger partial charge < -0.3 is 4.57 Å². The summed E-state index contributed by atoms with van der Waals surface area (Å²) in [5.74, 6) is 6.97. The molecule has 1 aromatic heterocycles. The van der Waals surface area contributed by atoms with Crippen LogP contribution in [-0.4, -0.2) is 4.57 Å². The fourth-order valence-electron chi connectivity index (χ4n) is 10.7. The topological polar surface area (TPSA) is 28.7 Å². The first-order valence-corrected chi connectivity index (χ1v) is 14.5. The molecule has 4 aliphatic carbocycles. The van der Waals surface area contributed by atoms with E-state index in [-0.39, 0.29) is 0 Å². The number of allylic oxidation sites excluding steroid dienone is 1. The smallest absolute Gasteiger partial charge is 0.101 e. The molecule has 0 bridgehead atoms. The van der Waals surface area contributed by atoms with Gasteiger partial charge in [0.05, 0.1) is 5.56 Å². The molecule has 2 unspecified atom stereocenters. The molecule has 4 aliphatic rings. The van der Waals surface area contributed by atoms with E-state index in [0.29, 0.717) is 16.7 Å². The van der Waals surface area contributed by atoms with Crippen LogP contribution in [0.1, 0.15) is 97.5 Å². The standard InChI is InChI=1S/C32H48N2/c1-6-14-32-16-12-27-26(29(32)9-7-22(2)18-32)11-15-31(5)28(10-8-23(3)30(27)31)24(4)20-34-17-13-25(19-33)21-34/h6,13,17,21-24,26-30H,1,7-12,14-16,18,20H2,2-5H3/t22-,23+,24-,26?,27+,28+,29+,30?,31+,32+/m0/s1. The zero-order valence-corrected chi connectivity index (χ0v) is 22.3. The monoisotopic (exact) mass is 460 g/mol. The van der Waals surface area contributed by atoms with Crippen molar-refractivity contribution in [1.29, 1.82) is 5.26 Å². The van der Waals surface area contributed by atoms with Gasteiger partial charge in [0.1, 0.15) is 6.07 Å². The Morgan fingerprint density at radius 2 is 1.94 bits per heavy atom. The van der Waals surface area contributed by atoms with Gasteiger partial charge in [-0.1, -0.05) is 46.6 Å². The Hall–Kier alpha value is -1.49. The van der Waals surface area contributed by atoms with Crippen molar-refractivity contribution in [3.8, 4) is 6.07 Å². The molecule has 0 radical (unpaired) electrons. The zero-order valence-electron chi connectivity index (χ0n) is 22.3. The van der Waals surface area contributed by atoms with Gasteiger partial charge in [-0.05, 0) is 116 Å². The zero-order chi connectivity index (χ0) is 24.1. The van der Waals surface area contributed by atoms with E-state index < -0.39 is 0 Å². The SMILES string of the molecule is C=CC[C@]12CC[C@@H]3C(CC[C@@]4(C)C3[C@H](C)CC[C@@H]4[C@@H](C)Cn3ccc(C#N)c3)[C@H]1CC[C@H](C)C2. The number of hydrogen-bond donors (Lipinski definition) is 0. The van der Waals surface area contributed by atoms with Crippen LogP contribution in [-0.2, 0) is 6.54 Å². The molecule has 0 saturated heterocycles. The molecule has 2 heteroatoms. The second-order valence-electron chi connectivity index (χ2n) is 13.6. The number of hydrogen-bond acceptors (Lipinski definition) is 1. The Morgan fingerprint density at radius 3 is 2.68 bits per heavy atom. The van der Waals surface area contributed by atoms with Crippen molar-refractivity contribution in [2.45, 2.75) is 98.4 Å². The van der Waals surface area contributed by atoms with E-state index in [0.717, 1.165) is 53.5 Å². The fourth-order valence-corrected chi connectivity index (χ4v) is 10.7. The van der Waals surface area contributed by atoms with E-state index in [2.05, 4.69) is 57.2 Å². The van der Waals surface area contributed by atoms with Gasteiger partial charge in [-0.15, -0.1) is 6.58 Å². The van der Waals surface area contributed by atoms with E-state index in [1.807, 2.05) is 12.3 Å². The largest absolute Gasteiger partial charge is 0.353 e. The summed E-state index contributed by atoms with van der Waals surface area (Å²) in [7, 11) is 0. The second-order valence-corrected chi connectivity index (χ2v) is 13.6. The van der Waals surface area contributed by atoms with Crippen LogP contribution in [0.3, 0.4) is 0 Å². The lowest BCUT2D eigenvalue weighted by Crippen LogP contribution is -2.58. The molecule has 34 heavy (non-hydrogen) atoms. The van der Waals surface area contributed by atoms with Gasteiger partial charge in [0.2, 0.25) is 0 Å². The van der Waals surface area contributed by atoms with Crippen LogP contribution in [0, 0.1) is 69.5 Å². The number of nitrogens with zero attached hydrogens (tertiary/aromatic N) is 2. The van der Waals surface area contributed by atoms with Crippen LogP contribution >= 0.6 is 0 Å². The summed E-state index contributed by atoms with van der Waals surface area (Å²) < 4.78 is 2.28. The molecular weight excluding hydrogens is 412 g/mol. The quantitative estimate of drug-likeness (QED) is 0.405. The lowest BCUT2D eigenvalue weighted by Gasteiger charge is -2.65. The lowest BCUT2D eigenvalue weighted by atomic mass is 9.40. The van der Waals surface area contributed by atoms with Gasteiger partial charge in [-0.25, -0.2) is 0 Å². The molecule has 4 saturated carbocycles. The molecule has 0 N–H and O–H groups in total. The lowest BCUT2D eigenvalue weighted by molar-refractivity contribution is -0.161. The van der Waals surface area contributed by atoms with Crippen molar-refractivity contribution >= 4 is 0 Å². The van der Waals surface area contributed by atoms with Crippen molar-refractivity contribution in [2.24, 2.45) is 58.2 Å². The molecule has 4 fully saturated rings. The first-order valence-electron chi connectivity index (χ1n) is 14.5. The Bertz CT molecular complexity index is 922. The molecule has 0 spiro atoms. The minimum atomic E-state index is 0.476. The fraction of sp³-hybridized carbons (Fsp3) is 0.781. The molecule has 10 atom stereocenters. The molecule has 186 valence electrons. The van der Waals surface area contributed by atoms with E-state index in [1.54, 1.807) is 0 Å². The maximum Gasteiger partial charge on any atom is 0.101 e. The minimum absolute atomic E-state index is 0.476. The van der Waals surface area contributed by atoms with Crippen LogP contribution in [0.2, 0.25) is 0 Å². The third-order valence-corrected chi connectivity index (χ3v) is 11.8. The van der Waals surface area contributed by atoms with Crippen LogP contribution < -0.4 is 0 Å². The maximum absolute atomic E-state index is 9.25. The number of nitriles is 1. The van der Waals surface area contributed by atoms with Gasteiger partial charge in [-0.3, -0.25) is 0 Å². The van der Waals surface area contributed by atoms with Gasteiger partial charge in [0, 0.05) is 18.9 Å². The molecule has 0 aliphatic heterocycles. The predicted octanol–water partition coefficient (Wildman–Crippen LogP) is 8.48. The summed E-state index contributed by atoms with van der Waals surface area (Å²) in [6.45, 7) is 15.6. The summed E-state index contributed by atoms with van der Waals surface area (Å²) in [4.78, 5) is 0. The summed E-state index contributed by atoms with van der Waals surface area (Å²) >= 11 is 0. The molecule has 0 aromatic carbocycles. The normalized spacial score (nSPS) is 44.7. The van der Waals surface area contributed by atoms with E-state index >= 15 is 0 Å². The van der Waals surface area contributed by atoms with E-state index in [1.165, 1.54) is 64.2 Å². The Kier molecular flexibility index (Phi) is 6.54. The van der Waals surface area contributed by atoms with Crippen LogP contribution in [0.5, 0.6) is 0 Å². The van der Waals surface area contributed by atoms with Gasteiger partial charge in [0.25, 0.3) is 0 Å². The summed E-state index contributed by atoms with van der Waals surface area (Å²) in [5.41, 5.74) is 1.83. The summed E-state index contributed by atoms with van der Waals surface area (Å²) in [6, 6.07) is 4.27. The van der Waals surface area contributed by atoms with Crippen LogP contribution in [0.4, 0.5) is 0 Å². The average molecular weight is 461 g/mol. The molecule has 5 rings (SSSR count). The minimum Gasteiger partial charge on any atom is -0.353 e. The molecule has 2 nitrogen and oxygen atoms in total. The molecule has 1 aromatic rings. The van der Waals surface area contributed by atoms with Gasteiger partial charge in [-0.2, -0.15) is 5.26 Å². The molecular formula is C32H48N2. The first kappa shape index (κ1) is 24.2. The number of fused-ring (bicyclic) bond motifs is 5. The van der Waals surface area contributed by atoms with E-state index in [9.17, 15) is 5.26 Å². The van der Waals surface area contributed by atoms with Gasteiger partial charge in [0.15, 0.2) is 0 Å². The highest BCUT2D eigenvalue weighted by molar-refractivity contribution is 5.25. The van der Waals surface area contributed by atoms with E-state index in [4.69, 9.17) is 0 Å². The second kappa shape index (κ2) is 9.19. The highest BCUT2D eigenvalue weighted by Crippen LogP contribution is 2.68. The van der Waals surface area contributed by atoms with Crippen LogP contribution in [0.25, 0.3) is 0 Å². The summed E-state index contributed by atoms with van der Waals surface area (Å²) in [5, 5.41) is 9.25. The highest BCUT2D eigenvalue weighted by Gasteiger charge is 2.60. The van der Waals surface area contributed by atoms with Gasteiger partial charge >= 0.3 is 0 Å². The van der Waals surface area contributed by atoms with Crippen molar-refractivity contribution < 1.29 is 0 Å². The first-order chi connectivity index (χ1) is 16.3. The number of rotatable bonds is 5. The Balaban J connectivity index is 1.39. The molecule has 1 heterocycles. The van der Waals surface area contributed by atoms with Crippen molar-refractivity contribution in [3.05, 3.63) is 36.7 Å². The average Bonchev–Trinajstić information content (AvgIpc) is 3.25. The highest BCUT2D eigenvalue weighted by atomic mass is 14.9. The van der Waals surface area contributed by atoms with Crippen molar-refractivity contribution in [2.75, 3.05) is 0 Å². The van der Waals surface area contributed by atoms with Crippen molar-refractivity contribution in [3.63, 3.8) is 0 Å².